The molecule has 11 nitrogen and oxygen atoms in total. The van der Waals surface area contributed by atoms with Crippen LogP contribution in [0.1, 0.15) is 66.7 Å². The van der Waals surface area contributed by atoms with E-state index >= 15 is 0 Å². The Bertz CT molecular complexity index is 2020. The summed E-state index contributed by atoms with van der Waals surface area (Å²) in [6.07, 6.45) is 5.78. The molecule has 2 heterocycles. The molecule has 302 valence electrons. The molecule has 3 aliphatic rings. The number of rotatable bonds is 11. The molecule has 4 unspecified atom stereocenters. The highest BCUT2D eigenvalue weighted by Crippen LogP contribution is 2.44. The van der Waals surface area contributed by atoms with Crippen LogP contribution in [0.3, 0.4) is 0 Å². The summed E-state index contributed by atoms with van der Waals surface area (Å²) in [7, 11) is 0. The van der Waals surface area contributed by atoms with E-state index in [0.29, 0.717) is 38.2 Å². The summed E-state index contributed by atoms with van der Waals surface area (Å²) in [5.74, 6) is -1.26. The van der Waals surface area contributed by atoms with Crippen LogP contribution in [0.15, 0.2) is 115 Å². The van der Waals surface area contributed by atoms with Gasteiger partial charge in [-0.25, -0.2) is 9.59 Å². The van der Waals surface area contributed by atoms with Crippen molar-refractivity contribution in [2.45, 2.75) is 75.6 Å². The average molecular weight is 786 g/mol. The Morgan fingerprint density at radius 3 is 2.28 bits per heavy atom. The van der Waals surface area contributed by atoms with Gasteiger partial charge in [0.2, 0.25) is 11.8 Å². The number of benzene rings is 4. The Morgan fingerprint density at radius 1 is 0.845 bits per heavy atom. The van der Waals surface area contributed by atoms with Crippen molar-refractivity contribution in [1.82, 2.24) is 15.5 Å². The number of esters is 1. The number of nitrogens with one attached hydrogen (secondary N) is 2. The molecule has 4 atom stereocenters. The van der Waals surface area contributed by atoms with Crippen molar-refractivity contribution in [2.24, 2.45) is 5.92 Å². The van der Waals surface area contributed by atoms with Crippen molar-refractivity contribution in [3.8, 4) is 16.9 Å². The Hall–Kier alpha value is -5.94. The van der Waals surface area contributed by atoms with Crippen LogP contribution in [0, 0.1) is 5.92 Å². The van der Waals surface area contributed by atoms with Gasteiger partial charge in [0.1, 0.15) is 31.6 Å². The van der Waals surface area contributed by atoms with E-state index in [4.69, 9.17) is 14.2 Å². The zero-order valence-electron chi connectivity index (χ0n) is 32.6. The Kier molecular flexibility index (Phi) is 13.5. The van der Waals surface area contributed by atoms with Crippen molar-refractivity contribution in [3.05, 3.63) is 138 Å². The van der Waals surface area contributed by atoms with Gasteiger partial charge in [-0.05, 0) is 84.0 Å². The number of alkyl carbamates (subject to hydrolysis) is 1. The first kappa shape index (κ1) is 40.3. The van der Waals surface area contributed by atoms with Gasteiger partial charge in [-0.2, -0.15) is 0 Å². The highest BCUT2D eigenvalue weighted by atomic mass is 16.6. The molecule has 0 spiro atoms. The predicted molar refractivity (Wildman–Crippen MR) is 219 cm³/mol. The van der Waals surface area contributed by atoms with Crippen molar-refractivity contribution < 1.29 is 38.5 Å². The molecule has 0 bridgehead atoms. The number of carbonyl (C=O) groups is 4. The Labute approximate surface area is 339 Å². The molecular weight excluding hydrogens is 735 g/mol. The first-order valence-corrected chi connectivity index (χ1v) is 20.3. The van der Waals surface area contributed by atoms with Crippen LogP contribution in [0.25, 0.3) is 11.1 Å². The van der Waals surface area contributed by atoms with E-state index in [9.17, 15) is 24.3 Å². The fourth-order valence-corrected chi connectivity index (χ4v) is 8.14. The molecule has 1 aliphatic carbocycles. The summed E-state index contributed by atoms with van der Waals surface area (Å²) < 4.78 is 17.6. The third-order valence-electron chi connectivity index (χ3n) is 11.3. The molecule has 4 aromatic rings. The van der Waals surface area contributed by atoms with Gasteiger partial charge in [0.25, 0.3) is 0 Å². The second kappa shape index (κ2) is 19.5. The Balaban J connectivity index is 1.03. The lowest BCUT2D eigenvalue weighted by Gasteiger charge is -2.26. The molecule has 3 N–H and O–H groups in total. The average Bonchev–Trinajstić information content (AvgIpc) is 3.86. The fourth-order valence-electron chi connectivity index (χ4n) is 8.14. The summed E-state index contributed by atoms with van der Waals surface area (Å²) in [6.45, 7) is 0.799. The minimum atomic E-state index is -0.999. The van der Waals surface area contributed by atoms with E-state index in [-0.39, 0.29) is 56.4 Å². The molecule has 7 rings (SSSR count). The van der Waals surface area contributed by atoms with E-state index in [0.717, 1.165) is 46.2 Å². The zero-order chi connectivity index (χ0) is 40.3. The number of aliphatic hydroxyl groups is 1. The first-order chi connectivity index (χ1) is 28.4. The minimum absolute atomic E-state index is 0.0153. The number of carbonyl (C=O) groups excluding carboxylic acids is 4. The van der Waals surface area contributed by atoms with Crippen molar-refractivity contribution in [1.29, 1.82) is 0 Å². The van der Waals surface area contributed by atoms with Crippen molar-refractivity contribution in [2.75, 3.05) is 26.4 Å². The van der Waals surface area contributed by atoms with E-state index in [1.54, 1.807) is 4.90 Å². The number of nitrogens with zero attached hydrogens (tertiary/aromatic N) is 1. The maximum Gasteiger partial charge on any atom is 0.407 e. The number of fused-ring (bicyclic) bond motifs is 3. The van der Waals surface area contributed by atoms with Gasteiger partial charge in [-0.15, -0.1) is 0 Å². The predicted octanol–water partition coefficient (Wildman–Crippen LogP) is 6.47. The van der Waals surface area contributed by atoms with Crippen LogP contribution >= 0.6 is 0 Å². The van der Waals surface area contributed by atoms with Gasteiger partial charge < -0.3 is 34.9 Å². The normalized spacial score (nSPS) is 21.0. The van der Waals surface area contributed by atoms with Crippen LogP contribution in [0.5, 0.6) is 5.75 Å². The SMILES string of the molecule is O=C(NC1CCC=CCC(CC(=O)N2CCCC2CO)C(=O)NC(Cc2ccc(OCc3ccccc3)cc2)COC1=O)OCC1c2ccccc2-c2ccccc21. The molecule has 1 saturated heterocycles. The van der Waals surface area contributed by atoms with Crippen LogP contribution < -0.4 is 15.4 Å². The molecular formula is C47H51N3O8. The van der Waals surface area contributed by atoms with Crippen molar-refractivity contribution in [3.63, 3.8) is 0 Å². The molecule has 3 amide bonds. The third-order valence-corrected chi connectivity index (χ3v) is 11.3. The quantitative estimate of drug-likeness (QED) is 0.116. The lowest BCUT2D eigenvalue weighted by Crippen LogP contribution is -2.47. The van der Waals surface area contributed by atoms with E-state index < -0.39 is 30.1 Å². The minimum Gasteiger partial charge on any atom is -0.489 e. The second-order valence-corrected chi connectivity index (χ2v) is 15.2. The van der Waals surface area contributed by atoms with E-state index in [1.807, 2.05) is 103 Å². The highest BCUT2D eigenvalue weighted by Gasteiger charge is 2.33. The van der Waals surface area contributed by atoms with Gasteiger partial charge in [0.05, 0.1) is 24.6 Å². The maximum absolute atomic E-state index is 13.9. The molecule has 11 heteroatoms. The number of allylic oxidation sites excluding steroid dienone is 2. The van der Waals surface area contributed by atoms with Crippen LogP contribution in [-0.2, 0) is 36.9 Å². The smallest absolute Gasteiger partial charge is 0.407 e. The lowest BCUT2D eigenvalue weighted by molar-refractivity contribution is -0.147. The molecule has 4 aromatic carbocycles. The first-order valence-electron chi connectivity index (χ1n) is 20.3. The largest absolute Gasteiger partial charge is 0.489 e. The molecule has 1 fully saturated rings. The molecule has 0 saturated carbocycles. The highest BCUT2D eigenvalue weighted by molar-refractivity contribution is 5.87. The topological polar surface area (TPSA) is 144 Å². The van der Waals surface area contributed by atoms with Gasteiger partial charge in [0, 0.05) is 18.9 Å². The number of cyclic esters (lactones) is 1. The van der Waals surface area contributed by atoms with Crippen LogP contribution in [-0.4, -0.2) is 78.4 Å². The standard InChI is InChI=1S/C47H51N3O8/c51-28-36-15-11-25-50(36)44(52)27-34-14-5-2-6-20-43(49-47(55)58-31-42-40-18-9-7-16-38(40)39-17-8-10-19-41(39)42)46(54)57-30-35(48-45(34)53)26-32-21-23-37(24-22-32)56-29-33-12-3-1-4-13-33/h1-5,7-10,12-13,16-19,21-24,34-36,42-43,51H,6,11,14-15,20,25-31H2,(H,48,53)(H,49,55). The summed E-state index contributed by atoms with van der Waals surface area (Å²) in [6, 6.07) is 31.7. The van der Waals surface area contributed by atoms with E-state index in [2.05, 4.69) is 22.8 Å². The molecule has 2 aliphatic heterocycles. The van der Waals surface area contributed by atoms with Gasteiger partial charge in [0.15, 0.2) is 0 Å². The summed E-state index contributed by atoms with van der Waals surface area (Å²) in [5, 5.41) is 15.6. The summed E-state index contributed by atoms with van der Waals surface area (Å²) in [4.78, 5) is 56.0. The fraction of sp³-hybridized carbons (Fsp3) is 0.362. The van der Waals surface area contributed by atoms with Crippen LogP contribution in [0.4, 0.5) is 4.79 Å². The number of likely N-dealkylation sites (tertiary alicyclic amines) is 1. The second-order valence-electron chi connectivity index (χ2n) is 15.2. The van der Waals surface area contributed by atoms with Gasteiger partial charge >= 0.3 is 12.1 Å². The number of hydrogen-bond donors (Lipinski definition) is 3. The summed E-state index contributed by atoms with van der Waals surface area (Å²) >= 11 is 0. The number of hydrogen-bond acceptors (Lipinski definition) is 8. The molecule has 58 heavy (non-hydrogen) atoms. The van der Waals surface area contributed by atoms with Gasteiger partial charge in [-0.1, -0.05) is 103 Å². The lowest BCUT2D eigenvalue weighted by atomic mass is 9.97. The maximum atomic E-state index is 13.9. The Morgan fingerprint density at radius 2 is 1.55 bits per heavy atom. The number of amides is 3. The third kappa shape index (κ3) is 10.1. The number of ether oxygens (including phenoxy) is 3. The number of aliphatic hydroxyl groups excluding tert-OH is 1. The zero-order valence-corrected chi connectivity index (χ0v) is 32.6. The molecule has 0 aromatic heterocycles. The van der Waals surface area contributed by atoms with Crippen LogP contribution in [0.2, 0.25) is 0 Å². The summed E-state index contributed by atoms with van der Waals surface area (Å²) in [5.41, 5.74) is 6.32. The van der Waals surface area contributed by atoms with E-state index in [1.165, 1.54) is 0 Å². The monoisotopic (exact) mass is 785 g/mol. The van der Waals surface area contributed by atoms with Crippen molar-refractivity contribution >= 4 is 23.9 Å². The molecule has 0 radical (unpaired) electrons. The van der Waals surface area contributed by atoms with Gasteiger partial charge in [-0.3, -0.25) is 9.59 Å².